The molecule has 0 saturated heterocycles. The van der Waals surface area contributed by atoms with Gasteiger partial charge in [0.25, 0.3) is 0 Å². The second kappa shape index (κ2) is 6.91. The van der Waals surface area contributed by atoms with Gasteiger partial charge in [0.1, 0.15) is 16.8 Å². The Morgan fingerprint density at radius 3 is 2.60 bits per heavy atom. The van der Waals surface area contributed by atoms with Crippen molar-refractivity contribution < 1.29 is 0 Å². The summed E-state index contributed by atoms with van der Waals surface area (Å²) in [4.78, 5) is 10.8. The first kappa shape index (κ1) is 15.1. The summed E-state index contributed by atoms with van der Waals surface area (Å²) in [6.07, 6.45) is 1.82. The Morgan fingerprint density at radius 2 is 1.90 bits per heavy atom. The van der Waals surface area contributed by atoms with Crippen LogP contribution in [-0.4, -0.2) is 17.0 Å². The number of anilines is 1. The van der Waals surface area contributed by atoms with Crippen LogP contribution in [0.2, 0.25) is 10.2 Å². The Hall–Kier alpha value is -1.32. The maximum atomic E-state index is 6.18. The standard InChI is InChI=1S/C15H17Cl2N3/c1-3-6-14-18-13(17)9-15(19-14)20(2)10-11-7-4-5-8-12(11)16/h4-5,7-9H,3,6,10H2,1-2H3. The minimum Gasteiger partial charge on any atom is -0.355 e. The highest BCUT2D eigenvalue weighted by Crippen LogP contribution is 2.21. The van der Waals surface area contributed by atoms with Crippen LogP contribution in [0, 0.1) is 0 Å². The number of aryl methyl sites for hydroxylation is 1. The van der Waals surface area contributed by atoms with Crippen LogP contribution in [-0.2, 0) is 13.0 Å². The second-order valence-electron chi connectivity index (χ2n) is 4.66. The first-order valence-electron chi connectivity index (χ1n) is 6.58. The average molecular weight is 310 g/mol. The van der Waals surface area contributed by atoms with Crippen molar-refractivity contribution in [3.8, 4) is 0 Å². The van der Waals surface area contributed by atoms with Crippen LogP contribution < -0.4 is 4.90 Å². The predicted molar refractivity (Wildman–Crippen MR) is 84.6 cm³/mol. The van der Waals surface area contributed by atoms with Crippen molar-refractivity contribution in [2.45, 2.75) is 26.3 Å². The largest absolute Gasteiger partial charge is 0.355 e. The molecule has 20 heavy (non-hydrogen) atoms. The van der Waals surface area contributed by atoms with Gasteiger partial charge in [0.05, 0.1) is 0 Å². The van der Waals surface area contributed by atoms with E-state index in [1.54, 1.807) is 6.07 Å². The highest BCUT2D eigenvalue weighted by atomic mass is 35.5. The lowest BCUT2D eigenvalue weighted by molar-refractivity contribution is 0.812. The number of benzene rings is 1. The molecule has 2 aromatic rings. The van der Waals surface area contributed by atoms with Gasteiger partial charge in [-0.25, -0.2) is 9.97 Å². The fraction of sp³-hybridized carbons (Fsp3) is 0.333. The fourth-order valence-electron chi connectivity index (χ4n) is 1.95. The van der Waals surface area contributed by atoms with Crippen LogP contribution >= 0.6 is 23.2 Å². The number of nitrogens with zero attached hydrogens (tertiary/aromatic N) is 3. The van der Waals surface area contributed by atoms with Crippen molar-refractivity contribution in [3.63, 3.8) is 0 Å². The van der Waals surface area contributed by atoms with E-state index in [4.69, 9.17) is 23.2 Å². The van der Waals surface area contributed by atoms with E-state index in [-0.39, 0.29) is 0 Å². The molecule has 0 aliphatic heterocycles. The molecular formula is C15H17Cl2N3. The summed E-state index contributed by atoms with van der Waals surface area (Å²) in [5, 5.41) is 1.23. The van der Waals surface area contributed by atoms with Crippen LogP contribution in [0.5, 0.6) is 0 Å². The number of hydrogen-bond donors (Lipinski definition) is 0. The summed E-state index contributed by atoms with van der Waals surface area (Å²) in [7, 11) is 1.97. The van der Waals surface area contributed by atoms with E-state index < -0.39 is 0 Å². The summed E-state index contributed by atoms with van der Waals surface area (Å²) >= 11 is 12.2. The van der Waals surface area contributed by atoms with Gasteiger partial charge in [-0.05, 0) is 18.1 Å². The van der Waals surface area contributed by atoms with Crippen molar-refractivity contribution in [2.75, 3.05) is 11.9 Å². The molecule has 0 radical (unpaired) electrons. The van der Waals surface area contributed by atoms with Crippen molar-refractivity contribution in [3.05, 3.63) is 51.9 Å². The number of rotatable bonds is 5. The molecule has 0 amide bonds. The van der Waals surface area contributed by atoms with Crippen LogP contribution in [0.15, 0.2) is 30.3 Å². The summed E-state index contributed by atoms with van der Waals surface area (Å²) in [6, 6.07) is 9.57. The van der Waals surface area contributed by atoms with Gasteiger partial charge < -0.3 is 4.90 Å². The predicted octanol–water partition coefficient (Wildman–Crippen LogP) is 4.37. The van der Waals surface area contributed by atoms with Crippen LogP contribution in [0.4, 0.5) is 5.82 Å². The minimum absolute atomic E-state index is 0.476. The van der Waals surface area contributed by atoms with Gasteiger partial charge in [0.15, 0.2) is 0 Å². The molecule has 0 aliphatic rings. The first-order valence-corrected chi connectivity index (χ1v) is 7.33. The maximum Gasteiger partial charge on any atom is 0.134 e. The molecule has 1 aromatic carbocycles. The quantitative estimate of drug-likeness (QED) is 0.768. The molecule has 0 fully saturated rings. The summed E-state index contributed by atoms with van der Waals surface area (Å²) in [5.41, 5.74) is 1.06. The summed E-state index contributed by atoms with van der Waals surface area (Å²) < 4.78 is 0. The Morgan fingerprint density at radius 1 is 1.15 bits per heavy atom. The van der Waals surface area contributed by atoms with Crippen LogP contribution in [0.1, 0.15) is 24.7 Å². The molecule has 0 saturated carbocycles. The lowest BCUT2D eigenvalue weighted by Crippen LogP contribution is -2.19. The molecule has 0 spiro atoms. The number of hydrogen-bond acceptors (Lipinski definition) is 3. The highest BCUT2D eigenvalue weighted by molar-refractivity contribution is 6.31. The Labute approximate surface area is 129 Å². The number of aromatic nitrogens is 2. The molecule has 5 heteroatoms. The van der Waals surface area contributed by atoms with E-state index in [0.717, 1.165) is 35.1 Å². The Bertz CT molecular complexity index is 587. The zero-order valence-corrected chi connectivity index (χ0v) is 13.1. The van der Waals surface area contributed by atoms with Crippen LogP contribution in [0.3, 0.4) is 0 Å². The van der Waals surface area contributed by atoms with E-state index >= 15 is 0 Å². The van der Waals surface area contributed by atoms with Gasteiger partial charge in [-0.2, -0.15) is 0 Å². The molecule has 106 valence electrons. The fourth-order valence-corrected chi connectivity index (χ4v) is 2.34. The molecule has 0 unspecified atom stereocenters. The van der Waals surface area contributed by atoms with Gasteiger partial charge in [0.2, 0.25) is 0 Å². The summed E-state index contributed by atoms with van der Waals surface area (Å²) in [6.45, 7) is 2.77. The third-order valence-electron chi connectivity index (χ3n) is 2.96. The van der Waals surface area contributed by atoms with E-state index in [9.17, 15) is 0 Å². The normalized spacial score (nSPS) is 10.6. The molecule has 0 aliphatic carbocycles. The third-order valence-corrected chi connectivity index (χ3v) is 3.52. The third kappa shape index (κ3) is 3.84. The molecule has 2 rings (SSSR count). The Kier molecular flexibility index (Phi) is 5.21. The number of halogens is 2. The van der Waals surface area contributed by atoms with E-state index in [1.807, 2.05) is 36.2 Å². The van der Waals surface area contributed by atoms with Gasteiger partial charge in [-0.3, -0.25) is 0 Å². The first-order chi connectivity index (χ1) is 9.60. The Balaban J connectivity index is 2.20. The smallest absolute Gasteiger partial charge is 0.134 e. The van der Waals surface area contributed by atoms with Crippen molar-refractivity contribution in [1.29, 1.82) is 0 Å². The second-order valence-corrected chi connectivity index (χ2v) is 5.46. The molecule has 0 N–H and O–H groups in total. The van der Waals surface area contributed by atoms with Gasteiger partial charge in [-0.1, -0.05) is 48.3 Å². The maximum absolute atomic E-state index is 6.18. The molecule has 0 atom stereocenters. The lowest BCUT2D eigenvalue weighted by atomic mass is 10.2. The molecule has 0 bridgehead atoms. The molecular weight excluding hydrogens is 293 g/mol. The van der Waals surface area contributed by atoms with Crippen LogP contribution in [0.25, 0.3) is 0 Å². The average Bonchev–Trinajstić information content (AvgIpc) is 2.41. The van der Waals surface area contributed by atoms with Crippen molar-refractivity contribution in [2.24, 2.45) is 0 Å². The van der Waals surface area contributed by atoms with Gasteiger partial charge in [0, 0.05) is 31.1 Å². The zero-order chi connectivity index (χ0) is 14.5. The van der Waals surface area contributed by atoms with E-state index in [1.165, 1.54) is 0 Å². The van der Waals surface area contributed by atoms with Gasteiger partial charge in [-0.15, -0.1) is 0 Å². The zero-order valence-electron chi connectivity index (χ0n) is 11.6. The van der Waals surface area contributed by atoms with E-state index in [2.05, 4.69) is 16.9 Å². The molecule has 1 aromatic heterocycles. The lowest BCUT2D eigenvalue weighted by Gasteiger charge is -2.19. The van der Waals surface area contributed by atoms with Crippen molar-refractivity contribution in [1.82, 2.24) is 9.97 Å². The molecule has 1 heterocycles. The molecule has 3 nitrogen and oxygen atoms in total. The van der Waals surface area contributed by atoms with E-state index in [0.29, 0.717) is 11.7 Å². The topological polar surface area (TPSA) is 29.0 Å². The SMILES string of the molecule is CCCc1nc(Cl)cc(N(C)Cc2ccccc2Cl)n1. The van der Waals surface area contributed by atoms with Crippen molar-refractivity contribution >= 4 is 29.0 Å². The van der Waals surface area contributed by atoms with Gasteiger partial charge >= 0.3 is 0 Å². The summed E-state index contributed by atoms with van der Waals surface area (Å²) in [5.74, 6) is 1.59. The highest BCUT2D eigenvalue weighted by Gasteiger charge is 2.09. The monoisotopic (exact) mass is 309 g/mol. The minimum atomic E-state index is 0.476.